The van der Waals surface area contributed by atoms with Gasteiger partial charge >= 0.3 is 6.09 Å². The van der Waals surface area contributed by atoms with Crippen LogP contribution in [0.15, 0.2) is 67.0 Å². The average molecular weight is 354 g/mol. The quantitative estimate of drug-likeness (QED) is 0.855. The Balaban J connectivity index is 1.96. The van der Waals surface area contributed by atoms with Crippen molar-refractivity contribution in [3.63, 3.8) is 0 Å². The Morgan fingerprint density at radius 2 is 2.08 bits per heavy atom. The number of pyridine rings is 1. The van der Waals surface area contributed by atoms with Crippen molar-refractivity contribution in [3.05, 3.63) is 83.2 Å². The van der Waals surface area contributed by atoms with Crippen LogP contribution < -0.4 is 10.6 Å². The predicted octanol–water partition coefficient (Wildman–Crippen LogP) is 4.45. The molecule has 0 aliphatic carbocycles. The second-order valence-corrected chi connectivity index (χ2v) is 5.74. The molecule has 0 saturated heterocycles. The molecule has 0 bridgehead atoms. The summed E-state index contributed by atoms with van der Waals surface area (Å²) in [5.41, 5.74) is 4.29. The highest BCUT2D eigenvalue weighted by atomic mass is 35.5. The highest BCUT2D eigenvalue weighted by Crippen LogP contribution is 2.30. The summed E-state index contributed by atoms with van der Waals surface area (Å²) in [7, 11) is 1.30. The lowest BCUT2D eigenvalue weighted by Crippen LogP contribution is -2.14. The van der Waals surface area contributed by atoms with Gasteiger partial charge in [0.1, 0.15) is 5.82 Å². The van der Waals surface area contributed by atoms with Crippen LogP contribution >= 0.6 is 11.6 Å². The number of hydrogen-bond acceptors (Lipinski definition) is 4. The summed E-state index contributed by atoms with van der Waals surface area (Å²) in [6.45, 7) is 4.00. The van der Waals surface area contributed by atoms with Gasteiger partial charge in [0.15, 0.2) is 0 Å². The van der Waals surface area contributed by atoms with E-state index in [0.717, 1.165) is 28.1 Å². The van der Waals surface area contributed by atoms with Crippen molar-refractivity contribution in [1.82, 2.24) is 10.3 Å². The van der Waals surface area contributed by atoms with Crippen molar-refractivity contribution in [1.29, 1.82) is 0 Å². The lowest BCUT2D eigenvalue weighted by atomic mass is 9.99. The number of ether oxygens (including phenoxy) is 1. The number of carbonyl (C=O) groups is 1. The van der Waals surface area contributed by atoms with Crippen molar-refractivity contribution in [2.45, 2.75) is 0 Å². The second kappa shape index (κ2) is 7.23. The first-order valence-electron chi connectivity index (χ1n) is 7.52. The first kappa shape index (κ1) is 16.8. The van der Waals surface area contributed by atoms with Crippen LogP contribution in [0.2, 0.25) is 5.02 Å². The van der Waals surface area contributed by atoms with E-state index >= 15 is 0 Å². The molecule has 0 unspecified atom stereocenters. The number of nitrogens with zero attached hydrogens (tertiary/aromatic N) is 1. The molecule has 0 radical (unpaired) electrons. The number of methoxy groups -OCH3 is 1. The lowest BCUT2D eigenvalue weighted by molar-refractivity contribution is 0.187. The molecule has 0 atom stereocenters. The molecular formula is C19H16ClN3O2. The number of allylic oxidation sites excluding steroid dienone is 3. The topological polar surface area (TPSA) is 63.2 Å². The largest absolute Gasteiger partial charge is 0.453 e. The van der Waals surface area contributed by atoms with E-state index in [-0.39, 0.29) is 0 Å². The predicted molar refractivity (Wildman–Crippen MR) is 99.9 cm³/mol. The second-order valence-electron chi connectivity index (χ2n) is 5.33. The van der Waals surface area contributed by atoms with Gasteiger partial charge < -0.3 is 10.1 Å². The summed E-state index contributed by atoms with van der Waals surface area (Å²) in [5, 5.41) is 6.44. The monoisotopic (exact) mass is 353 g/mol. The van der Waals surface area contributed by atoms with Gasteiger partial charge in [0.05, 0.1) is 7.11 Å². The van der Waals surface area contributed by atoms with E-state index in [2.05, 4.69) is 26.9 Å². The van der Waals surface area contributed by atoms with E-state index in [1.807, 2.05) is 42.5 Å². The molecular weight excluding hydrogens is 338 g/mol. The van der Waals surface area contributed by atoms with Crippen LogP contribution in [0.4, 0.5) is 10.6 Å². The molecule has 0 saturated carbocycles. The van der Waals surface area contributed by atoms with Crippen molar-refractivity contribution in [2.24, 2.45) is 0 Å². The number of dihydropyridines is 1. The van der Waals surface area contributed by atoms with Crippen LogP contribution in [0.1, 0.15) is 11.1 Å². The third-order valence-corrected chi connectivity index (χ3v) is 3.93. The standard InChI is InChI=1S/C19H16ClN3O2/c1-12-9-14(10-17(22-12)15-5-3-4-6-16(15)20)13-7-8-21-18(11-13)23-19(24)25-2/h3-11,22H,1H2,2H3,(H,21,23,24). The Morgan fingerprint density at radius 3 is 2.84 bits per heavy atom. The summed E-state index contributed by atoms with van der Waals surface area (Å²) < 4.78 is 4.59. The van der Waals surface area contributed by atoms with Crippen molar-refractivity contribution < 1.29 is 9.53 Å². The zero-order chi connectivity index (χ0) is 17.8. The molecule has 1 amide bonds. The molecule has 5 nitrogen and oxygen atoms in total. The van der Waals surface area contributed by atoms with Gasteiger partial charge in [0.25, 0.3) is 0 Å². The minimum atomic E-state index is -0.569. The highest BCUT2D eigenvalue weighted by Gasteiger charge is 2.14. The molecule has 126 valence electrons. The Bertz CT molecular complexity index is 903. The molecule has 1 aliphatic rings. The number of halogens is 1. The van der Waals surface area contributed by atoms with E-state index in [1.165, 1.54) is 7.11 Å². The zero-order valence-electron chi connectivity index (χ0n) is 13.5. The minimum absolute atomic E-state index is 0.405. The Kier molecular flexibility index (Phi) is 4.86. The molecule has 2 N–H and O–H groups in total. The molecule has 1 aromatic carbocycles. The van der Waals surface area contributed by atoms with Crippen molar-refractivity contribution in [2.75, 3.05) is 12.4 Å². The number of rotatable bonds is 3. The van der Waals surface area contributed by atoms with Crippen LogP contribution in [0.3, 0.4) is 0 Å². The summed E-state index contributed by atoms with van der Waals surface area (Å²) in [4.78, 5) is 15.5. The fourth-order valence-electron chi connectivity index (χ4n) is 2.46. The van der Waals surface area contributed by atoms with Gasteiger partial charge in [0.2, 0.25) is 0 Å². The summed E-state index contributed by atoms with van der Waals surface area (Å²) in [6, 6.07) is 11.2. The van der Waals surface area contributed by atoms with Crippen LogP contribution in [0.25, 0.3) is 11.3 Å². The lowest BCUT2D eigenvalue weighted by Gasteiger charge is -2.19. The maximum atomic E-state index is 11.4. The average Bonchev–Trinajstić information content (AvgIpc) is 2.61. The highest BCUT2D eigenvalue weighted by molar-refractivity contribution is 6.32. The zero-order valence-corrected chi connectivity index (χ0v) is 14.3. The Hall–Kier alpha value is -3.05. The van der Waals surface area contributed by atoms with E-state index in [9.17, 15) is 4.79 Å². The molecule has 3 rings (SSSR count). The maximum Gasteiger partial charge on any atom is 0.412 e. The first-order valence-corrected chi connectivity index (χ1v) is 7.90. The Labute approximate surface area is 150 Å². The van der Waals surface area contributed by atoms with Crippen LogP contribution in [-0.2, 0) is 4.74 Å². The molecule has 1 aliphatic heterocycles. The Morgan fingerprint density at radius 1 is 1.28 bits per heavy atom. The van der Waals surface area contributed by atoms with E-state index in [0.29, 0.717) is 10.8 Å². The van der Waals surface area contributed by atoms with Gasteiger partial charge in [-0.15, -0.1) is 0 Å². The van der Waals surface area contributed by atoms with Crippen LogP contribution in [0.5, 0.6) is 0 Å². The first-order chi connectivity index (χ1) is 12.1. The van der Waals surface area contributed by atoms with Gasteiger partial charge in [-0.3, -0.25) is 5.32 Å². The van der Waals surface area contributed by atoms with Gasteiger partial charge in [-0.05, 0) is 41.5 Å². The summed E-state index contributed by atoms with van der Waals surface area (Å²) >= 11 is 6.30. The molecule has 0 fully saturated rings. The SMILES string of the molecule is C=C1C=C(c2ccnc(NC(=O)OC)c2)C=C(c2ccccc2Cl)N1. The fraction of sp³-hybridized carbons (Fsp3) is 0.0526. The molecule has 6 heteroatoms. The third-order valence-electron chi connectivity index (χ3n) is 3.60. The smallest absolute Gasteiger partial charge is 0.412 e. The number of amides is 1. The van der Waals surface area contributed by atoms with Crippen molar-refractivity contribution in [3.8, 4) is 0 Å². The van der Waals surface area contributed by atoms with Gasteiger partial charge in [-0.1, -0.05) is 36.4 Å². The third kappa shape index (κ3) is 3.89. The molecule has 1 aromatic heterocycles. The van der Waals surface area contributed by atoms with E-state index in [1.54, 1.807) is 12.3 Å². The normalized spacial score (nSPS) is 13.4. The molecule has 2 heterocycles. The van der Waals surface area contributed by atoms with Crippen molar-refractivity contribution >= 4 is 34.8 Å². The van der Waals surface area contributed by atoms with Crippen LogP contribution in [-0.4, -0.2) is 18.2 Å². The number of nitrogens with one attached hydrogen (secondary N) is 2. The molecule has 0 spiro atoms. The fourth-order valence-corrected chi connectivity index (χ4v) is 2.69. The summed E-state index contributed by atoms with van der Waals surface area (Å²) in [6.07, 6.45) is 4.95. The van der Waals surface area contributed by atoms with E-state index in [4.69, 9.17) is 11.6 Å². The number of benzene rings is 1. The number of anilines is 1. The van der Waals surface area contributed by atoms with Gasteiger partial charge in [0, 0.05) is 28.2 Å². The van der Waals surface area contributed by atoms with E-state index < -0.39 is 6.09 Å². The maximum absolute atomic E-state index is 11.4. The van der Waals surface area contributed by atoms with Gasteiger partial charge in [-0.2, -0.15) is 0 Å². The van der Waals surface area contributed by atoms with Gasteiger partial charge in [-0.25, -0.2) is 9.78 Å². The minimum Gasteiger partial charge on any atom is -0.453 e. The molecule has 2 aromatic rings. The van der Waals surface area contributed by atoms with Crippen LogP contribution in [0, 0.1) is 0 Å². The number of hydrogen-bond donors (Lipinski definition) is 2. The number of aromatic nitrogens is 1. The molecule has 25 heavy (non-hydrogen) atoms. The summed E-state index contributed by atoms with van der Waals surface area (Å²) in [5.74, 6) is 0.405. The number of carbonyl (C=O) groups excluding carboxylic acids is 1.